The van der Waals surface area contributed by atoms with Gasteiger partial charge in [-0.1, -0.05) is 38.1 Å². The SMILES string of the molecule is CCn1c2ccccc2c2cc(NC(=O)COC(=O)c3cccc(S(=O)(=O)N4C[C@H](C)C[C@@H](C)C4)c3)ccc21. The predicted octanol–water partition coefficient (Wildman–Crippen LogP) is 5.28. The van der Waals surface area contributed by atoms with E-state index in [1.54, 1.807) is 0 Å². The number of amides is 1. The van der Waals surface area contributed by atoms with Crippen LogP contribution in [0.3, 0.4) is 0 Å². The van der Waals surface area contributed by atoms with Gasteiger partial charge in [0, 0.05) is 47.1 Å². The van der Waals surface area contributed by atoms with Gasteiger partial charge in [0.1, 0.15) is 0 Å². The molecule has 39 heavy (non-hydrogen) atoms. The highest BCUT2D eigenvalue weighted by molar-refractivity contribution is 7.89. The van der Waals surface area contributed by atoms with Gasteiger partial charge in [-0.3, -0.25) is 4.79 Å². The van der Waals surface area contributed by atoms with Gasteiger partial charge in [0.05, 0.1) is 10.5 Å². The summed E-state index contributed by atoms with van der Waals surface area (Å²) >= 11 is 0. The van der Waals surface area contributed by atoms with Gasteiger partial charge in [-0.25, -0.2) is 13.2 Å². The average molecular weight is 548 g/mol. The van der Waals surface area contributed by atoms with Crippen molar-refractivity contribution in [2.45, 2.75) is 38.6 Å². The Morgan fingerprint density at radius 3 is 2.38 bits per heavy atom. The normalized spacial score (nSPS) is 18.3. The second-order valence-electron chi connectivity index (χ2n) is 10.4. The average Bonchev–Trinajstić information content (AvgIpc) is 3.24. The molecule has 1 aromatic heterocycles. The number of nitrogens with zero attached hydrogens (tertiary/aromatic N) is 2. The van der Waals surface area contributed by atoms with E-state index < -0.39 is 28.5 Å². The van der Waals surface area contributed by atoms with E-state index in [9.17, 15) is 18.0 Å². The molecule has 8 nitrogen and oxygen atoms in total. The van der Waals surface area contributed by atoms with Crippen LogP contribution in [0.4, 0.5) is 5.69 Å². The van der Waals surface area contributed by atoms with E-state index in [0.29, 0.717) is 18.8 Å². The van der Waals surface area contributed by atoms with E-state index in [1.165, 1.54) is 28.6 Å². The van der Waals surface area contributed by atoms with Gasteiger partial charge < -0.3 is 14.6 Å². The molecule has 9 heteroatoms. The summed E-state index contributed by atoms with van der Waals surface area (Å²) in [6.07, 6.45) is 0.983. The lowest BCUT2D eigenvalue weighted by molar-refractivity contribution is -0.119. The molecule has 0 aliphatic carbocycles. The highest BCUT2D eigenvalue weighted by atomic mass is 32.2. The number of aromatic nitrogens is 1. The number of nitrogens with one attached hydrogen (secondary N) is 1. The molecule has 204 valence electrons. The first-order valence-corrected chi connectivity index (χ1v) is 14.7. The predicted molar refractivity (Wildman–Crippen MR) is 152 cm³/mol. The van der Waals surface area contributed by atoms with E-state index in [2.05, 4.69) is 28.9 Å². The number of rotatable bonds is 7. The fourth-order valence-corrected chi connectivity index (χ4v) is 7.34. The zero-order chi connectivity index (χ0) is 27.7. The second kappa shape index (κ2) is 10.8. The number of piperidine rings is 1. The molecule has 1 saturated heterocycles. The first-order chi connectivity index (χ1) is 18.7. The monoisotopic (exact) mass is 547 g/mol. The molecule has 5 rings (SSSR count). The number of benzene rings is 3. The molecule has 3 aromatic carbocycles. The summed E-state index contributed by atoms with van der Waals surface area (Å²) in [5.41, 5.74) is 2.88. The van der Waals surface area contributed by atoms with E-state index in [-0.39, 0.29) is 22.3 Å². The van der Waals surface area contributed by atoms with Gasteiger partial charge in [-0.15, -0.1) is 0 Å². The van der Waals surface area contributed by atoms with Crippen molar-refractivity contribution in [1.82, 2.24) is 8.87 Å². The van der Waals surface area contributed by atoms with Crippen LogP contribution in [0.25, 0.3) is 21.8 Å². The summed E-state index contributed by atoms with van der Waals surface area (Å²) in [7, 11) is -3.75. The molecular formula is C30H33N3O5S. The van der Waals surface area contributed by atoms with Crippen molar-refractivity contribution in [2.24, 2.45) is 11.8 Å². The number of sulfonamides is 1. The van der Waals surface area contributed by atoms with E-state index in [0.717, 1.165) is 34.8 Å². The Morgan fingerprint density at radius 1 is 0.923 bits per heavy atom. The van der Waals surface area contributed by atoms with Crippen molar-refractivity contribution >= 4 is 49.4 Å². The van der Waals surface area contributed by atoms with Crippen molar-refractivity contribution < 1.29 is 22.7 Å². The number of ether oxygens (including phenoxy) is 1. The lowest BCUT2D eigenvalue weighted by atomic mass is 9.94. The molecule has 2 atom stereocenters. The number of carbonyl (C=O) groups excluding carboxylic acids is 2. The van der Waals surface area contributed by atoms with Crippen molar-refractivity contribution in [2.75, 3.05) is 25.0 Å². The Labute approximate surface area is 228 Å². The molecule has 0 unspecified atom stereocenters. The Hall–Kier alpha value is -3.69. The maximum atomic E-state index is 13.2. The number of carbonyl (C=O) groups is 2. The molecule has 0 spiro atoms. The van der Waals surface area contributed by atoms with Crippen molar-refractivity contribution in [3.8, 4) is 0 Å². The molecule has 2 heterocycles. The highest BCUT2D eigenvalue weighted by Crippen LogP contribution is 2.31. The summed E-state index contributed by atoms with van der Waals surface area (Å²) in [5, 5.41) is 4.91. The summed E-state index contributed by atoms with van der Waals surface area (Å²) in [6, 6.07) is 19.6. The standard InChI is InChI=1S/C30H33N3O5S/c1-4-33-27-11-6-5-10-25(27)26-16-23(12-13-28(26)33)31-29(34)19-38-30(35)22-8-7-9-24(15-22)39(36,37)32-17-20(2)14-21(3)18-32/h5-13,15-16,20-21H,4,14,17-19H2,1-3H3,(H,31,34)/t20-,21-/m1/s1. The summed E-state index contributed by atoms with van der Waals surface area (Å²) in [6.45, 7) is 7.40. The minimum absolute atomic E-state index is 0.0437. The Balaban J connectivity index is 1.26. The third-order valence-electron chi connectivity index (χ3n) is 7.25. The Bertz CT molecular complexity index is 1650. The first-order valence-electron chi connectivity index (χ1n) is 13.3. The molecule has 1 amide bonds. The van der Waals surface area contributed by atoms with Crippen LogP contribution in [0.1, 0.15) is 37.6 Å². The minimum Gasteiger partial charge on any atom is -0.452 e. The molecular weight excluding hydrogens is 514 g/mol. The number of fused-ring (bicyclic) bond motifs is 3. The van der Waals surface area contributed by atoms with Gasteiger partial charge >= 0.3 is 5.97 Å². The van der Waals surface area contributed by atoms with Gasteiger partial charge in [-0.2, -0.15) is 4.31 Å². The number of hydrogen-bond donors (Lipinski definition) is 1. The van der Waals surface area contributed by atoms with Crippen molar-refractivity contribution in [3.63, 3.8) is 0 Å². The number of anilines is 1. The zero-order valence-electron chi connectivity index (χ0n) is 22.4. The Morgan fingerprint density at radius 2 is 1.64 bits per heavy atom. The quantitative estimate of drug-likeness (QED) is 0.318. The molecule has 1 fully saturated rings. The fraction of sp³-hybridized carbons (Fsp3) is 0.333. The molecule has 1 N–H and O–H groups in total. The summed E-state index contributed by atoms with van der Waals surface area (Å²) < 4.78 is 35.4. The van der Waals surface area contributed by atoms with Gasteiger partial charge in [-0.05, 0) is 67.6 Å². The number of aryl methyl sites for hydroxylation is 1. The molecule has 0 saturated carbocycles. The molecule has 4 aromatic rings. The van der Waals surface area contributed by atoms with Crippen LogP contribution in [0.2, 0.25) is 0 Å². The zero-order valence-corrected chi connectivity index (χ0v) is 23.2. The van der Waals surface area contributed by atoms with Crippen LogP contribution in [-0.2, 0) is 26.1 Å². The minimum atomic E-state index is -3.75. The molecule has 1 aliphatic heterocycles. The van der Waals surface area contributed by atoms with Crippen molar-refractivity contribution in [1.29, 1.82) is 0 Å². The summed E-state index contributed by atoms with van der Waals surface area (Å²) in [5.74, 6) is -0.714. The van der Waals surface area contributed by atoms with Crippen LogP contribution < -0.4 is 5.32 Å². The molecule has 0 bridgehead atoms. The maximum Gasteiger partial charge on any atom is 0.338 e. The third-order valence-corrected chi connectivity index (χ3v) is 9.08. The van der Waals surface area contributed by atoms with E-state index in [4.69, 9.17) is 4.74 Å². The second-order valence-corrected chi connectivity index (χ2v) is 12.4. The lowest BCUT2D eigenvalue weighted by Gasteiger charge is -2.34. The molecule has 0 radical (unpaired) electrons. The van der Waals surface area contributed by atoms with Crippen LogP contribution in [0.15, 0.2) is 71.6 Å². The topological polar surface area (TPSA) is 97.7 Å². The Kier molecular flexibility index (Phi) is 7.46. The smallest absolute Gasteiger partial charge is 0.338 e. The van der Waals surface area contributed by atoms with E-state index >= 15 is 0 Å². The summed E-state index contributed by atoms with van der Waals surface area (Å²) in [4.78, 5) is 25.4. The van der Waals surface area contributed by atoms with Gasteiger partial charge in [0.15, 0.2) is 6.61 Å². The van der Waals surface area contributed by atoms with Crippen LogP contribution in [0, 0.1) is 11.8 Å². The van der Waals surface area contributed by atoms with Gasteiger partial charge in [0.2, 0.25) is 10.0 Å². The van der Waals surface area contributed by atoms with E-state index in [1.807, 2.05) is 44.2 Å². The lowest BCUT2D eigenvalue weighted by Crippen LogP contribution is -2.42. The fourth-order valence-electron chi connectivity index (χ4n) is 5.62. The van der Waals surface area contributed by atoms with Crippen LogP contribution in [0.5, 0.6) is 0 Å². The van der Waals surface area contributed by atoms with Crippen LogP contribution in [-0.4, -0.2) is 48.9 Å². The molecule has 1 aliphatic rings. The van der Waals surface area contributed by atoms with Gasteiger partial charge in [0.25, 0.3) is 5.91 Å². The maximum absolute atomic E-state index is 13.2. The number of esters is 1. The van der Waals surface area contributed by atoms with Crippen LogP contribution >= 0.6 is 0 Å². The largest absolute Gasteiger partial charge is 0.452 e. The first kappa shape index (κ1) is 26.9. The number of hydrogen-bond acceptors (Lipinski definition) is 5. The highest BCUT2D eigenvalue weighted by Gasteiger charge is 2.32. The van der Waals surface area contributed by atoms with Crippen molar-refractivity contribution in [3.05, 3.63) is 72.3 Å². The third kappa shape index (κ3) is 5.42. The number of para-hydroxylation sites is 1.